The average Bonchev–Trinajstić information content (AvgIpc) is 2.30. The fourth-order valence-electron chi connectivity index (χ4n) is 1.73. The van der Waals surface area contributed by atoms with Gasteiger partial charge in [0.05, 0.1) is 0 Å². The van der Waals surface area contributed by atoms with Crippen LogP contribution in [0.2, 0.25) is 0 Å². The van der Waals surface area contributed by atoms with E-state index in [1.165, 1.54) is 26.1 Å². The predicted octanol–water partition coefficient (Wildman–Crippen LogP) is 5.36. The fourth-order valence-corrected chi connectivity index (χ4v) is 3.36. The first-order chi connectivity index (χ1) is 8.16. The molecule has 88 valence electrons. The standard InChI is InChI=1S/C15H15BrS/c1-11-7-8-15(12(2)9-11)17-10-13-5-3-4-6-14(13)16/h3-9H,10H2,1-2H3. The number of benzene rings is 2. The highest BCUT2D eigenvalue weighted by atomic mass is 79.9. The van der Waals surface area contributed by atoms with Crippen molar-refractivity contribution in [3.8, 4) is 0 Å². The normalized spacial score (nSPS) is 10.5. The molecular weight excluding hydrogens is 292 g/mol. The van der Waals surface area contributed by atoms with Gasteiger partial charge < -0.3 is 0 Å². The van der Waals surface area contributed by atoms with E-state index in [2.05, 4.69) is 72.2 Å². The second-order valence-electron chi connectivity index (χ2n) is 4.15. The average molecular weight is 307 g/mol. The van der Waals surface area contributed by atoms with Crippen molar-refractivity contribution in [2.45, 2.75) is 24.5 Å². The monoisotopic (exact) mass is 306 g/mol. The Labute approximate surface area is 116 Å². The van der Waals surface area contributed by atoms with Crippen LogP contribution >= 0.6 is 27.7 Å². The molecule has 0 nitrogen and oxygen atoms in total. The van der Waals surface area contributed by atoms with E-state index in [0.717, 1.165) is 5.75 Å². The summed E-state index contributed by atoms with van der Waals surface area (Å²) in [5, 5.41) is 0. The Morgan fingerprint density at radius 1 is 1.06 bits per heavy atom. The Hall–Kier alpha value is -0.730. The molecule has 2 heteroatoms. The molecule has 0 radical (unpaired) electrons. The maximum absolute atomic E-state index is 3.59. The van der Waals surface area contributed by atoms with Crippen molar-refractivity contribution in [2.24, 2.45) is 0 Å². The van der Waals surface area contributed by atoms with E-state index in [9.17, 15) is 0 Å². The molecular formula is C15H15BrS. The summed E-state index contributed by atoms with van der Waals surface area (Å²) in [5.41, 5.74) is 4.03. The molecule has 0 aliphatic heterocycles. The lowest BCUT2D eigenvalue weighted by atomic mass is 10.2. The number of aryl methyl sites for hydroxylation is 2. The van der Waals surface area contributed by atoms with E-state index in [0.29, 0.717) is 0 Å². The summed E-state index contributed by atoms with van der Waals surface area (Å²) >= 11 is 5.48. The van der Waals surface area contributed by atoms with Gasteiger partial charge in [0.2, 0.25) is 0 Å². The van der Waals surface area contributed by atoms with Crippen molar-refractivity contribution in [1.29, 1.82) is 0 Å². The Kier molecular flexibility index (Phi) is 4.30. The number of halogens is 1. The van der Waals surface area contributed by atoms with Crippen molar-refractivity contribution in [2.75, 3.05) is 0 Å². The third kappa shape index (κ3) is 3.36. The molecule has 0 saturated carbocycles. The smallest absolute Gasteiger partial charge is 0.0243 e. The third-order valence-electron chi connectivity index (χ3n) is 2.67. The van der Waals surface area contributed by atoms with E-state index < -0.39 is 0 Å². The molecule has 0 N–H and O–H groups in total. The molecule has 2 rings (SSSR count). The topological polar surface area (TPSA) is 0 Å². The minimum Gasteiger partial charge on any atom is -0.121 e. The first kappa shape index (κ1) is 12.7. The lowest BCUT2D eigenvalue weighted by Gasteiger charge is -2.07. The van der Waals surface area contributed by atoms with Crippen molar-refractivity contribution in [1.82, 2.24) is 0 Å². The fraction of sp³-hybridized carbons (Fsp3) is 0.200. The molecule has 0 fully saturated rings. The van der Waals surface area contributed by atoms with Crippen LogP contribution in [0.3, 0.4) is 0 Å². The molecule has 2 aromatic carbocycles. The summed E-state index contributed by atoms with van der Waals surface area (Å²) in [6.45, 7) is 4.31. The highest BCUT2D eigenvalue weighted by molar-refractivity contribution is 9.10. The van der Waals surface area contributed by atoms with Crippen LogP contribution in [0.1, 0.15) is 16.7 Å². The molecule has 0 aliphatic carbocycles. The zero-order valence-corrected chi connectivity index (χ0v) is 12.4. The molecule has 0 aliphatic rings. The Morgan fingerprint density at radius 2 is 1.82 bits per heavy atom. The van der Waals surface area contributed by atoms with Crippen LogP contribution in [0, 0.1) is 13.8 Å². The zero-order chi connectivity index (χ0) is 12.3. The highest BCUT2D eigenvalue weighted by Crippen LogP contribution is 2.29. The van der Waals surface area contributed by atoms with Gasteiger partial charge in [-0.1, -0.05) is 51.8 Å². The first-order valence-corrected chi connectivity index (χ1v) is 7.38. The number of hydrogen-bond acceptors (Lipinski definition) is 1. The third-order valence-corrected chi connectivity index (χ3v) is 4.67. The molecule has 0 bridgehead atoms. The minimum atomic E-state index is 1.01. The van der Waals surface area contributed by atoms with E-state index >= 15 is 0 Å². The lowest BCUT2D eigenvalue weighted by Crippen LogP contribution is -1.85. The number of hydrogen-bond donors (Lipinski definition) is 0. The summed E-state index contributed by atoms with van der Waals surface area (Å²) in [6, 6.07) is 15.0. The lowest BCUT2D eigenvalue weighted by molar-refractivity contribution is 1.25. The van der Waals surface area contributed by atoms with Crippen LogP contribution in [0.5, 0.6) is 0 Å². The van der Waals surface area contributed by atoms with Crippen molar-refractivity contribution < 1.29 is 0 Å². The molecule has 0 unspecified atom stereocenters. The Bertz CT molecular complexity index is 520. The summed E-state index contributed by atoms with van der Waals surface area (Å²) in [6.07, 6.45) is 0. The molecule has 0 spiro atoms. The number of thioether (sulfide) groups is 1. The summed E-state index contributed by atoms with van der Waals surface area (Å²) < 4.78 is 1.19. The van der Waals surface area contributed by atoms with Gasteiger partial charge in [-0.25, -0.2) is 0 Å². The summed E-state index contributed by atoms with van der Waals surface area (Å²) in [4.78, 5) is 1.37. The van der Waals surface area contributed by atoms with Gasteiger partial charge in [-0.2, -0.15) is 0 Å². The van der Waals surface area contributed by atoms with Crippen LogP contribution in [0.15, 0.2) is 51.8 Å². The van der Waals surface area contributed by atoms with E-state index in [-0.39, 0.29) is 0 Å². The highest BCUT2D eigenvalue weighted by Gasteiger charge is 2.02. The zero-order valence-electron chi connectivity index (χ0n) is 10.0. The molecule has 0 atom stereocenters. The van der Waals surface area contributed by atoms with Crippen molar-refractivity contribution in [3.05, 3.63) is 63.6 Å². The quantitative estimate of drug-likeness (QED) is 0.688. The molecule has 17 heavy (non-hydrogen) atoms. The van der Waals surface area contributed by atoms with Gasteiger partial charge in [-0.15, -0.1) is 11.8 Å². The van der Waals surface area contributed by atoms with Crippen molar-refractivity contribution >= 4 is 27.7 Å². The van der Waals surface area contributed by atoms with Gasteiger partial charge in [0.1, 0.15) is 0 Å². The first-order valence-electron chi connectivity index (χ1n) is 5.60. The molecule has 2 aromatic rings. The molecule has 0 saturated heterocycles. The summed E-state index contributed by atoms with van der Waals surface area (Å²) in [5.74, 6) is 1.01. The van der Waals surface area contributed by atoms with Crippen LogP contribution < -0.4 is 0 Å². The van der Waals surface area contributed by atoms with Crippen LogP contribution in [0.25, 0.3) is 0 Å². The van der Waals surface area contributed by atoms with Gasteiger partial charge in [0.15, 0.2) is 0 Å². The Morgan fingerprint density at radius 3 is 2.53 bits per heavy atom. The second kappa shape index (κ2) is 5.74. The SMILES string of the molecule is Cc1ccc(SCc2ccccc2Br)c(C)c1. The molecule has 0 aromatic heterocycles. The molecule has 0 amide bonds. The second-order valence-corrected chi connectivity index (χ2v) is 6.02. The van der Waals surface area contributed by atoms with Gasteiger partial charge in [-0.05, 0) is 37.1 Å². The van der Waals surface area contributed by atoms with Gasteiger partial charge in [-0.3, -0.25) is 0 Å². The van der Waals surface area contributed by atoms with Gasteiger partial charge >= 0.3 is 0 Å². The van der Waals surface area contributed by atoms with E-state index in [1.54, 1.807) is 0 Å². The maximum Gasteiger partial charge on any atom is 0.0243 e. The van der Waals surface area contributed by atoms with E-state index in [4.69, 9.17) is 0 Å². The van der Waals surface area contributed by atoms with E-state index in [1.807, 2.05) is 11.8 Å². The van der Waals surface area contributed by atoms with Crippen molar-refractivity contribution in [3.63, 3.8) is 0 Å². The van der Waals surface area contributed by atoms with Crippen LogP contribution in [0.4, 0.5) is 0 Å². The number of rotatable bonds is 3. The largest absolute Gasteiger partial charge is 0.121 e. The minimum absolute atomic E-state index is 1.01. The molecule has 0 heterocycles. The van der Waals surface area contributed by atoms with Crippen LogP contribution in [-0.4, -0.2) is 0 Å². The van der Waals surface area contributed by atoms with Crippen LogP contribution in [-0.2, 0) is 5.75 Å². The maximum atomic E-state index is 3.59. The van der Waals surface area contributed by atoms with Gasteiger partial charge in [0, 0.05) is 15.1 Å². The summed E-state index contributed by atoms with van der Waals surface area (Å²) in [7, 11) is 0. The Balaban J connectivity index is 2.10. The predicted molar refractivity (Wildman–Crippen MR) is 79.6 cm³/mol. The van der Waals surface area contributed by atoms with Gasteiger partial charge in [0.25, 0.3) is 0 Å².